The van der Waals surface area contributed by atoms with Crippen LogP contribution in [0.5, 0.6) is 0 Å². The van der Waals surface area contributed by atoms with E-state index in [-0.39, 0.29) is 5.69 Å². The minimum atomic E-state index is -0.625. The number of anilines is 2. The van der Waals surface area contributed by atoms with Gasteiger partial charge in [-0.1, -0.05) is 22.0 Å². The van der Waals surface area contributed by atoms with Gasteiger partial charge in [0.2, 0.25) is 0 Å². The van der Waals surface area contributed by atoms with E-state index in [1.165, 1.54) is 12.3 Å². The molecule has 3 aromatic rings. The Hall–Kier alpha value is -2.98. The minimum Gasteiger partial charge on any atom is -0.364 e. The number of amides is 1. The van der Waals surface area contributed by atoms with E-state index >= 15 is 0 Å². The number of hydrogen-bond donors (Lipinski definition) is 2. The van der Waals surface area contributed by atoms with Crippen molar-refractivity contribution in [1.29, 1.82) is 5.26 Å². The van der Waals surface area contributed by atoms with E-state index in [4.69, 9.17) is 5.73 Å². The number of carbonyl (C=O) groups is 1. The Labute approximate surface area is 140 Å². The van der Waals surface area contributed by atoms with Crippen LogP contribution in [0.4, 0.5) is 11.4 Å². The van der Waals surface area contributed by atoms with Crippen LogP contribution in [-0.2, 0) is 0 Å². The lowest BCUT2D eigenvalue weighted by Crippen LogP contribution is -2.13. The van der Waals surface area contributed by atoms with Gasteiger partial charge in [0.15, 0.2) is 5.65 Å². The zero-order valence-electron chi connectivity index (χ0n) is 11.7. The molecule has 0 aliphatic heterocycles. The van der Waals surface area contributed by atoms with E-state index in [0.717, 1.165) is 10.2 Å². The number of nitrogens with zero attached hydrogens (tertiary/aromatic N) is 3. The van der Waals surface area contributed by atoms with E-state index in [1.54, 1.807) is 6.07 Å². The summed E-state index contributed by atoms with van der Waals surface area (Å²) in [6.45, 7) is 0. The number of fused-ring (bicyclic) bond motifs is 1. The first kappa shape index (κ1) is 14.9. The Morgan fingerprint density at radius 2 is 2.13 bits per heavy atom. The first-order valence-corrected chi connectivity index (χ1v) is 7.40. The molecule has 0 radical (unpaired) electrons. The fourth-order valence-electron chi connectivity index (χ4n) is 2.14. The Kier molecular flexibility index (Phi) is 3.91. The van der Waals surface area contributed by atoms with E-state index in [9.17, 15) is 10.1 Å². The SMILES string of the molecule is N#Cc1cnc2nc(C(N)=O)ccc2c1Nc1cccc(Br)c1. The molecule has 6 nitrogen and oxygen atoms in total. The van der Waals surface area contributed by atoms with Crippen LogP contribution in [-0.4, -0.2) is 15.9 Å². The predicted molar refractivity (Wildman–Crippen MR) is 90.2 cm³/mol. The molecule has 1 aromatic carbocycles. The van der Waals surface area contributed by atoms with Crippen LogP contribution in [0, 0.1) is 11.3 Å². The molecule has 7 heteroatoms. The number of carbonyl (C=O) groups excluding carboxylic acids is 1. The van der Waals surface area contributed by atoms with Crippen LogP contribution in [0.25, 0.3) is 11.0 Å². The topological polar surface area (TPSA) is 105 Å². The number of rotatable bonds is 3. The van der Waals surface area contributed by atoms with Gasteiger partial charge in [0.1, 0.15) is 11.8 Å². The van der Waals surface area contributed by atoms with Crippen molar-refractivity contribution >= 4 is 44.2 Å². The average molecular weight is 368 g/mol. The minimum absolute atomic E-state index is 0.128. The number of pyridine rings is 2. The summed E-state index contributed by atoms with van der Waals surface area (Å²) in [6.07, 6.45) is 1.42. The van der Waals surface area contributed by atoms with Crippen molar-refractivity contribution in [3.05, 3.63) is 58.3 Å². The Morgan fingerprint density at radius 1 is 1.30 bits per heavy atom. The summed E-state index contributed by atoms with van der Waals surface area (Å²) in [5.41, 5.74) is 7.48. The van der Waals surface area contributed by atoms with Crippen molar-refractivity contribution in [2.24, 2.45) is 5.73 Å². The van der Waals surface area contributed by atoms with Crippen molar-refractivity contribution in [3.8, 4) is 6.07 Å². The summed E-state index contributed by atoms with van der Waals surface area (Å²) in [6, 6.07) is 12.8. The highest BCUT2D eigenvalue weighted by Crippen LogP contribution is 2.29. The number of benzene rings is 1. The molecule has 2 aromatic heterocycles. The molecule has 0 saturated carbocycles. The zero-order valence-corrected chi connectivity index (χ0v) is 13.3. The lowest BCUT2D eigenvalue weighted by molar-refractivity contribution is 0.0996. The van der Waals surface area contributed by atoms with Gasteiger partial charge in [-0.25, -0.2) is 9.97 Å². The van der Waals surface area contributed by atoms with Gasteiger partial charge in [0.25, 0.3) is 5.91 Å². The van der Waals surface area contributed by atoms with Crippen LogP contribution in [0.2, 0.25) is 0 Å². The molecule has 0 fully saturated rings. The largest absolute Gasteiger partial charge is 0.364 e. The van der Waals surface area contributed by atoms with E-state index in [2.05, 4.69) is 37.3 Å². The summed E-state index contributed by atoms with van der Waals surface area (Å²) in [4.78, 5) is 19.5. The highest BCUT2D eigenvalue weighted by Gasteiger charge is 2.12. The molecule has 0 saturated heterocycles. The van der Waals surface area contributed by atoms with Crippen molar-refractivity contribution in [1.82, 2.24) is 9.97 Å². The van der Waals surface area contributed by atoms with E-state index in [0.29, 0.717) is 22.3 Å². The summed E-state index contributed by atoms with van der Waals surface area (Å²) in [5, 5.41) is 13.2. The third-order valence-corrected chi connectivity index (χ3v) is 3.69. The molecule has 3 N–H and O–H groups in total. The monoisotopic (exact) mass is 367 g/mol. The number of nitriles is 1. The molecule has 3 rings (SSSR count). The molecular weight excluding hydrogens is 358 g/mol. The van der Waals surface area contributed by atoms with Crippen molar-refractivity contribution < 1.29 is 4.79 Å². The number of nitrogens with one attached hydrogen (secondary N) is 1. The summed E-state index contributed by atoms with van der Waals surface area (Å²) >= 11 is 3.41. The standard InChI is InChI=1S/C16H10BrN5O/c17-10-2-1-3-11(6-10)21-14-9(7-18)8-20-16-12(14)4-5-13(22-16)15(19)23/h1-6,8H,(H2,19,23)(H,20,21,22). The summed E-state index contributed by atoms with van der Waals surface area (Å²) < 4.78 is 0.911. The Balaban J connectivity index is 2.17. The van der Waals surface area contributed by atoms with E-state index in [1.807, 2.05) is 24.3 Å². The van der Waals surface area contributed by atoms with E-state index < -0.39 is 5.91 Å². The Bertz CT molecular complexity index is 964. The highest BCUT2D eigenvalue weighted by atomic mass is 79.9. The molecule has 0 aliphatic rings. The second-order valence-electron chi connectivity index (χ2n) is 4.73. The zero-order chi connectivity index (χ0) is 16.4. The van der Waals surface area contributed by atoms with Crippen LogP contribution < -0.4 is 11.1 Å². The van der Waals surface area contributed by atoms with Gasteiger partial charge in [-0.15, -0.1) is 0 Å². The van der Waals surface area contributed by atoms with Crippen LogP contribution in [0.1, 0.15) is 16.1 Å². The first-order chi connectivity index (χ1) is 11.1. The van der Waals surface area contributed by atoms with Crippen molar-refractivity contribution in [3.63, 3.8) is 0 Å². The second kappa shape index (κ2) is 6.02. The van der Waals surface area contributed by atoms with Gasteiger partial charge in [-0.3, -0.25) is 4.79 Å². The number of primary amides is 1. The van der Waals surface area contributed by atoms with Gasteiger partial charge in [-0.05, 0) is 30.3 Å². The summed E-state index contributed by atoms with van der Waals surface area (Å²) in [7, 11) is 0. The predicted octanol–water partition coefficient (Wildman–Crippen LogP) is 3.11. The van der Waals surface area contributed by atoms with Gasteiger partial charge >= 0.3 is 0 Å². The molecule has 0 aliphatic carbocycles. The average Bonchev–Trinajstić information content (AvgIpc) is 2.54. The second-order valence-corrected chi connectivity index (χ2v) is 5.64. The number of nitrogens with two attached hydrogens (primary N) is 1. The van der Waals surface area contributed by atoms with Gasteiger partial charge in [-0.2, -0.15) is 5.26 Å². The molecule has 23 heavy (non-hydrogen) atoms. The number of hydrogen-bond acceptors (Lipinski definition) is 5. The number of halogens is 1. The maximum absolute atomic E-state index is 11.2. The summed E-state index contributed by atoms with van der Waals surface area (Å²) in [5.74, 6) is -0.625. The quantitative estimate of drug-likeness (QED) is 0.739. The van der Waals surface area contributed by atoms with Crippen LogP contribution >= 0.6 is 15.9 Å². The normalized spacial score (nSPS) is 10.3. The number of aromatic nitrogens is 2. The van der Waals surface area contributed by atoms with Crippen LogP contribution in [0.3, 0.4) is 0 Å². The van der Waals surface area contributed by atoms with Gasteiger partial charge < -0.3 is 11.1 Å². The third kappa shape index (κ3) is 2.98. The fraction of sp³-hybridized carbons (Fsp3) is 0. The fourth-order valence-corrected chi connectivity index (χ4v) is 2.54. The molecular formula is C16H10BrN5O. The lowest BCUT2D eigenvalue weighted by atomic mass is 10.1. The molecule has 1 amide bonds. The van der Waals surface area contributed by atoms with Gasteiger partial charge in [0, 0.05) is 21.7 Å². The van der Waals surface area contributed by atoms with Gasteiger partial charge in [0.05, 0.1) is 11.3 Å². The maximum atomic E-state index is 11.2. The third-order valence-electron chi connectivity index (χ3n) is 3.20. The first-order valence-electron chi connectivity index (χ1n) is 6.61. The smallest absolute Gasteiger partial charge is 0.267 e. The lowest BCUT2D eigenvalue weighted by Gasteiger charge is -2.11. The highest BCUT2D eigenvalue weighted by molar-refractivity contribution is 9.10. The molecule has 2 heterocycles. The van der Waals surface area contributed by atoms with Crippen molar-refractivity contribution in [2.75, 3.05) is 5.32 Å². The molecule has 0 unspecified atom stereocenters. The Morgan fingerprint density at radius 3 is 2.83 bits per heavy atom. The molecule has 0 spiro atoms. The molecule has 0 atom stereocenters. The van der Waals surface area contributed by atoms with Crippen LogP contribution in [0.15, 0.2) is 47.1 Å². The maximum Gasteiger partial charge on any atom is 0.267 e. The molecule has 0 bridgehead atoms. The van der Waals surface area contributed by atoms with Crippen molar-refractivity contribution in [2.45, 2.75) is 0 Å². The molecule has 112 valence electrons.